The van der Waals surface area contributed by atoms with Crippen LogP contribution in [0.2, 0.25) is 0 Å². The maximum atomic E-state index is 13.8. The minimum Gasteiger partial charge on any atom is -0.480 e. The summed E-state index contributed by atoms with van der Waals surface area (Å²) in [6, 6.07) is 3.02. The van der Waals surface area contributed by atoms with Crippen LogP contribution in [0.5, 0.6) is 0 Å². The standard InChI is InChI=1S/C37H52N6O9/c1-37(2,3)52-35(50)38-25-20-41(16-15-24-10-12-28(34(48)49)42(24)33(25)47)31(45)19-22-7-5-21(6-8-22)17-23-9-11-26-29(18-23)40(4)36(51)43(26)27-13-14-30(44)39-32(27)46/h9,11,18,21-22,24-25,27-28,32,46H,5-8,10,12-17,19-20H2,1-4H3,(H,38,50)(H,39,44)(H,48,49)/t21?,22?,24-,25+,27?,28+,32?/m1/s1. The molecular weight excluding hydrogens is 672 g/mol. The number of piperidine rings is 1. The topological polar surface area (TPSA) is 193 Å². The zero-order valence-corrected chi connectivity index (χ0v) is 30.5. The van der Waals surface area contributed by atoms with Crippen LogP contribution in [0.3, 0.4) is 0 Å². The lowest BCUT2D eigenvalue weighted by Gasteiger charge is -2.39. The van der Waals surface area contributed by atoms with Gasteiger partial charge in [0.2, 0.25) is 17.7 Å². The number of rotatable bonds is 7. The summed E-state index contributed by atoms with van der Waals surface area (Å²) in [7, 11) is 1.72. The third-order valence-electron chi connectivity index (χ3n) is 11.3. The average molecular weight is 725 g/mol. The molecule has 3 saturated heterocycles. The lowest BCUT2D eigenvalue weighted by Crippen LogP contribution is -2.60. The zero-order valence-electron chi connectivity index (χ0n) is 30.5. The fraction of sp³-hybridized carbons (Fsp3) is 0.676. The first-order valence-corrected chi connectivity index (χ1v) is 18.6. The molecule has 1 aromatic heterocycles. The summed E-state index contributed by atoms with van der Waals surface area (Å²) in [5, 5.41) is 25.5. The number of carboxylic acid groups (broad SMARTS) is 1. The van der Waals surface area contributed by atoms with Crippen LogP contribution in [0.15, 0.2) is 23.0 Å². The van der Waals surface area contributed by atoms with E-state index in [-0.39, 0.29) is 42.4 Å². The Morgan fingerprint density at radius 3 is 2.35 bits per heavy atom. The number of aromatic nitrogens is 2. The first kappa shape index (κ1) is 37.4. The Hall–Kier alpha value is -4.40. The summed E-state index contributed by atoms with van der Waals surface area (Å²) >= 11 is 0. The van der Waals surface area contributed by atoms with Crippen LogP contribution in [-0.2, 0) is 37.4 Å². The number of hydrogen-bond donors (Lipinski definition) is 4. The molecule has 1 aliphatic carbocycles. The van der Waals surface area contributed by atoms with Gasteiger partial charge in [-0.25, -0.2) is 14.4 Å². The first-order valence-electron chi connectivity index (χ1n) is 18.6. The van der Waals surface area contributed by atoms with E-state index in [2.05, 4.69) is 10.6 Å². The molecule has 52 heavy (non-hydrogen) atoms. The van der Waals surface area contributed by atoms with Crippen molar-refractivity contribution in [2.24, 2.45) is 18.9 Å². The Morgan fingerprint density at radius 1 is 0.962 bits per heavy atom. The minimum atomic E-state index is -1.13. The second-order valence-electron chi connectivity index (χ2n) is 16.1. The monoisotopic (exact) mass is 724 g/mol. The molecule has 0 radical (unpaired) electrons. The van der Waals surface area contributed by atoms with E-state index in [0.717, 1.165) is 48.7 Å². The van der Waals surface area contributed by atoms with Gasteiger partial charge in [-0.1, -0.05) is 6.07 Å². The fourth-order valence-electron chi connectivity index (χ4n) is 8.65. The van der Waals surface area contributed by atoms with E-state index in [1.54, 1.807) is 41.9 Å². The molecule has 4 N–H and O–H groups in total. The van der Waals surface area contributed by atoms with Gasteiger partial charge in [0.15, 0.2) is 0 Å². The number of alkyl carbamates (subject to hydrolysis) is 1. The highest BCUT2D eigenvalue weighted by Crippen LogP contribution is 2.35. The third-order valence-corrected chi connectivity index (χ3v) is 11.3. The van der Waals surface area contributed by atoms with E-state index in [0.29, 0.717) is 44.6 Å². The van der Waals surface area contributed by atoms with Crippen molar-refractivity contribution in [3.63, 3.8) is 0 Å². The molecule has 15 nitrogen and oxygen atoms in total. The maximum absolute atomic E-state index is 13.8. The Balaban J connectivity index is 1.07. The van der Waals surface area contributed by atoms with Crippen molar-refractivity contribution in [3.05, 3.63) is 34.2 Å². The molecule has 3 aliphatic heterocycles. The molecule has 1 saturated carbocycles. The van der Waals surface area contributed by atoms with Crippen LogP contribution in [0.4, 0.5) is 4.79 Å². The summed E-state index contributed by atoms with van der Waals surface area (Å²) in [6.07, 6.45) is 4.83. The van der Waals surface area contributed by atoms with Gasteiger partial charge in [-0.2, -0.15) is 0 Å². The molecule has 0 spiro atoms. The van der Waals surface area contributed by atoms with E-state index in [1.807, 2.05) is 18.2 Å². The highest BCUT2D eigenvalue weighted by molar-refractivity contribution is 5.91. The number of amides is 4. The van der Waals surface area contributed by atoms with Crippen molar-refractivity contribution >= 4 is 40.8 Å². The molecule has 6 rings (SSSR count). The van der Waals surface area contributed by atoms with Gasteiger partial charge in [0.1, 0.15) is 23.9 Å². The molecule has 4 aliphatic rings. The number of benzene rings is 1. The van der Waals surface area contributed by atoms with Gasteiger partial charge in [0.05, 0.1) is 23.6 Å². The summed E-state index contributed by atoms with van der Waals surface area (Å²) in [6.45, 7) is 5.44. The SMILES string of the molecule is Cn1c(=O)n(C2CCC(=O)NC2O)c2ccc(CC3CCC(CC(=O)N4CC[C@H]5CC[C@@H](C(=O)O)N5C(=O)[C@@H](NC(=O)OC(C)(C)C)C4)CC3)cc21. The second-order valence-corrected chi connectivity index (χ2v) is 16.1. The molecule has 4 heterocycles. The number of aliphatic carboxylic acids is 1. The summed E-state index contributed by atoms with van der Waals surface area (Å²) in [5.74, 6) is -1.29. The molecule has 4 fully saturated rings. The average Bonchev–Trinajstić information content (AvgIpc) is 3.60. The van der Waals surface area contributed by atoms with Crippen molar-refractivity contribution in [2.45, 2.75) is 127 Å². The van der Waals surface area contributed by atoms with Gasteiger partial charge in [0.25, 0.3) is 0 Å². The lowest BCUT2D eigenvalue weighted by atomic mass is 9.78. The highest BCUT2D eigenvalue weighted by Gasteiger charge is 2.46. The predicted molar refractivity (Wildman–Crippen MR) is 189 cm³/mol. The van der Waals surface area contributed by atoms with E-state index in [4.69, 9.17) is 4.74 Å². The number of aryl methyl sites for hydroxylation is 1. The van der Waals surface area contributed by atoms with E-state index < -0.39 is 47.9 Å². The van der Waals surface area contributed by atoms with Gasteiger partial charge in [-0.05, 0) is 108 Å². The number of carbonyl (C=O) groups excluding carboxylic acids is 4. The van der Waals surface area contributed by atoms with Crippen LogP contribution < -0.4 is 16.3 Å². The zero-order chi connectivity index (χ0) is 37.5. The lowest BCUT2D eigenvalue weighted by molar-refractivity contribution is -0.152. The summed E-state index contributed by atoms with van der Waals surface area (Å²) in [5.41, 5.74) is 1.56. The van der Waals surface area contributed by atoms with Gasteiger partial charge in [-0.3, -0.25) is 23.5 Å². The van der Waals surface area contributed by atoms with Crippen LogP contribution in [0.1, 0.15) is 96.6 Å². The van der Waals surface area contributed by atoms with E-state index in [9.17, 15) is 39.0 Å². The number of fused-ring (bicyclic) bond motifs is 2. The fourth-order valence-corrected chi connectivity index (χ4v) is 8.65. The van der Waals surface area contributed by atoms with Gasteiger partial charge < -0.3 is 35.4 Å². The number of imidazole rings is 1. The molecule has 15 heteroatoms. The first-order chi connectivity index (χ1) is 24.6. The number of ether oxygens (including phenoxy) is 1. The van der Waals surface area contributed by atoms with Crippen molar-refractivity contribution < 1.29 is 38.9 Å². The molecule has 1 aromatic carbocycles. The van der Waals surface area contributed by atoms with Gasteiger partial charge in [-0.15, -0.1) is 0 Å². The maximum Gasteiger partial charge on any atom is 0.408 e. The molecule has 2 unspecified atom stereocenters. The van der Waals surface area contributed by atoms with Crippen LogP contribution >= 0.6 is 0 Å². The number of hydrogen-bond acceptors (Lipinski definition) is 8. The quantitative estimate of drug-likeness (QED) is 0.332. The summed E-state index contributed by atoms with van der Waals surface area (Å²) < 4.78 is 8.57. The number of aliphatic hydroxyl groups excluding tert-OH is 1. The molecule has 5 atom stereocenters. The van der Waals surface area contributed by atoms with E-state index in [1.165, 1.54) is 4.90 Å². The molecule has 0 bridgehead atoms. The molecule has 2 aromatic rings. The Kier molecular flexibility index (Phi) is 10.7. The molecule has 284 valence electrons. The third kappa shape index (κ3) is 7.98. The smallest absolute Gasteiger partial charge is 0.408 e. The Bertz CT molecular complexity index is 1770. The number of nitrogens with one attached hydrogen (secondary N) is 2. The number of nitrogens with zero attached hydrogens (tertiary/aromatic N) is 4. The van der Waals surface area contributed by atoms with E-state index >= 15 is 0 Å². The molecule has 4 amide bonds. The summed E-state index contributed by atoms with van der Waals surface area (Å²) in [4.78, 5) is 80.3. The van der Waals surface area contributed by atoms with Crippen molar-refractivity contribution in [2.75, 3.05) is 13.1 Å². The van der Waals surface area contributed by atoms with Gasteiger partial charge in [0, 0.05) is 32.5 Å². The van der Waals surface area contributed by atoms with Crippen LogP contribution in [0.25, 0.3) is 11.0 Å². The Morgan fingerprint density at radius 2 is 1.67 bits per heavy atom. The van der Waals surface area contributed by atoms with Crippen LogP contribution in [-0.4, -0.2) is 102 Å². The number of carbonyl (C=O) groups is 5. The normalized spacial score (nSPS) is 28.5. The number of aliphatic hydroxyl groups is 1. The largest absolute Gasteiger partial charge is 0.480 e. The minimum absolute atomic E-state index is 0.0527. The predicted octanol–water partition coefficient (Wildman–Crippen LogP) is 2.42. The number of carboxylic acids is 1. The molecular formula is C37H52N6O9. The van der Waals surface area contributed by atoms with Gasteiger partial charge >= 0.3 is 17.8 Å². The van der Waals surface area contributed by atoms with Crippen molar-refractivity contribution in [1.29, 1.82) is 0 Å². The van der Waals surface area contributed by atoms with Crippen molar-refractivity contribution in [3.8, 4) is 0 Å². The second kappa shape index (κ2) is 14.9. The highest BCUT2D eigenvalue weighted by atomic mass is 16.6. The van der Waals surface area contributed by atoms with Crippen LogP contribution in [0, 0.1) is 11.8 Å². The Labute approximate surface area is 302 Å². The van der Waals surface area contributed by atoms with Crippen molar-refractivity contribution in [1.82, 2.24) is 29.6 Å².